The van der Waals surface area contributed by atoms with Crippen molar-refractivity contribution in [2.45, 2.75) is 57.7 Å². The molecule has 1 aromatic carbocycles. The number of nitrogens with zero attached hydrogens (tertiary/aromatic N) is 1. The van der Waals surface area contributed by atoms with Crippen LogP contribution in [0, 0.1) is 0 Å². The van der Waals surface area contributed by atoms with Crippen LogP contribution in [0.2, 0.25) is 0 Å². The third-order valence-electron chi connectivity index (χ3n) is 5.53. The quantitative estimate of drug-likeness (QED) is 0.689. The molecule has 2 fully saturated rings. The van der Waals surface area contributed by atoms with Crippen molar-refractivity contribution < 1.29 is 23.9 Å². The van der Waals surface area contributed by atoms with Crippen LogP contribution in [0.15, 0.2) is 24.3 Å². The Labute approximate surface area is 177 Å². The lowest BCUT2D eigenvalue weighted by Crippen LogP contribution is -2.48. The van der Waals surface area contributed by atoms with Crippen molar-refractivity contribution in [1.29, 1.82) is 0 Å². The summed E-state index contributed by atoms with van der Waals surface area (Å²) in [7, 11) is 0. The highest BCUT2D eigenvalue weighted by Gasteiger charge is 2.23. The molecule has 164 valence electrons. The van der Waals surface area contributed by atoms with Crippen LogP contribution in [-0.2, 0) is 20.8 Å². The van der Waals surface area contributed by atoms with Crippen LogP contribution in [0.5, 0.6) is 0 Å². The summed E-state index contributed by atoms with van der Waals surface area (Å²) >= 11 is 0. The lowest BCUT2D eigenvalue weighted by molar-refractivity contribution is -0.127. The largest absolute Gasteiger partial charge is 0.449 e. The Morgan fingerprint density at radius 3 is 2.43 bits per heavy atom. The minimum atomic E-state index is -1.07. The predicted octanol–water partition coefficient (Wildman–Crippen LogP) is 2.22. The van der Waals surface area contributed by atoms with Crippen LogP contribution in [0.4, 0.5) is 4.79 Å². The molecule has 0 radical (unpaired) electrons. The molecule has 1 aromatic rings. The number of urea groups is 1. The number of morpholine rings is 1. The van der Waals surface area contributed by atoms with E-state index in [1.54, 1.807) is 12.1 Å². The number of nitrogens with one attached hydrogen (secondary N) is 2. The Kier molecular flexibility index (Phi) is 8.21. The van der Waals surface area contributed by atoms with Crippen molar-refractivity contribution in [2.24, 2.45) is 0 Å². The SMILES string of the molecule is C[C@@H](OC(=O)c1ccc(CN2CCOCC2)cc1)C(=O)NC(=O)NC1CCCCC1. The first kappa shape index (κ1) is 22.2. The molecule has 2 N–H and O–H groups in total. The van der Waals surface area contributed by atoms with Gasteiger partial charge in [-0.05, 0) is 37.5 Å². The number of hydrogen-bond acceptors (Lipinski definition) is 6. The average molecular weight is 418 g/mol. The minimum Gasteiger partial charge on any atom is -0.449 e. The fourth-order valence-electron chi connectivity index (χ4n) is 3.73. The first-order valence-electron chi connectivity index (χ1n) is 10.7. The van der Waals surface area contributed by atoms with E-state index in [0.29, 0.717) is 5.56 Å². The maximum absolute atomic E-state index is 12.3. The van der Waals surface area contributed by atoms with E-state index in [0.717, 1.165) is 64.1 Å². The number of ether oxygens (including phenoxy) is 2. The first-order chi connectivity index (χ1) is 14.5. The average Bonchev–Trinajstić information content (AvgIpc) is 2.75. The molecule has 8 nitrogen and oxygen atoms in total. The van der Waals surface area contributed by atoms with Gasteiger partial charge in [-0.2, -0.15) is 0 Å². The molecule has 0 spiro atoms. The fraction of sp³-hybridized carbons (Fsp3) is 0.591. The summed E-state index contributed by atoms with van der Waals surface area (Å²) in [6, 6.07) is 6.71. The topological polar surface area (TPSA) is 97.0 Å². The molecule has 3 rings (SSSR count). The number of benzene rings is 1. The zero-order chi connectivity index (χ0) is 21.3. The van der Waals surface area contributed by atoms with Crippen LogP contribution >= 0.6 is 0 Å². The third-order valence-corrected chi connectivity index (χ3v) is 5.53. The normalized spacial score (nSPS) is 19.0. The Morgan fingerprint density at radius 2 is 1.77 bits per heavy atom. The maximum Gasteiger partial charge on any atom is 0.338 e. The van der Waals surface area contributed by atoms with E-state index in [1.807, 2.05) is 12.1 Å². The van der Waals surface area contributed by atoms with Gasteiger partial charge in [-0.25, -0.2) is 9.59 Å². The summed E-state index contributed by atoms with van der Waals surface area (Å²) in [5, 5.41) is 5.06. The third kappa shape index (κ3) is 6.81. The number of hydrogen-bond donors (Lipinski definition) is 2. The number of carbonyl (C=O) groups excluding carboxylic acids is 3. The Morgan fingerprint density at radius 1 is 1.10 bits per heavy atom. The van der Waals surface area contributed by atoms with Gasteiger partial charge in [0.25, 0.3) is 5.91 Å². The van der Waals surface area contributed by atoms with E-state index >= 15 is 0 Å². The highest BCUT2D eigenvalue weighted by atomic mass is 16.5. The predicted molar refractivity (Wildman–Crippen MR) is 111 cm³/mol. The van der Waals surface area contributed by atoms with Gasteiger partial charge >= 0.3 is 12.0 Å². The Hall–Kier alpha value is -2.45. The van der Waals surface area contributed by atoms with Gasteiger partial charge in [-0.1, -0.05) is 31.4 Å². The number of amides is 3. The molecular weight excluding hydrogens is 386 g/mol. The smallest absolute Gasteiger partial charge is 0.338 e. The number of esters is 1. The van der Waals surface area contributed by atoms with Crippen LogP contribution in [0.25, 0.3) is 0 Å². The van der Waals surface area contributed by atoms with E-state index < -0.39 is 24.0 Å². The van der Waals surface area contributed by atoms with Crippen LogP contribution < -0.4 is 10.6 Å². The Bertz CT molecular complexity index is 725. The number of imide groups is 1. The van der Waals surface area contributed by atoms with E-state index in [9.17, 15) is 14.4 Å². The number of rotatable bonds is 6. The molecule has 8 heteroatoms. The molecular formula is C22H31N3O5. The van der Waals surface area contributed by atoms with E-state index in [-0.39, 0.29) is 6.04 Å². The van der Waals surface area contributed by atoms with Gasteiger partial charge in [0.05, 0.1) is 18.8 Å². The number of carbonyl (C=O) groups is 3. The van der Waals surface area contributed by atoms with Crippen molar-refractivity contribution in [3.05, 3.63) is 35.4 Å². The molecule has 1 aliphatic heterocycles. The lowest BCUT2D eigenvalue weighted by atomic mass is 9.96. The maximum atomic E-state index is 12.3. The van der Waals surface area contributed by atoms with Gasteiger partial charge in [0.15, 0.2) is 6.10 Å². The van der Waals surface area contributed by atoms with Crippen molar-refractivity contribution in [3.8, 4) is 0 Å². The zero-order valence-electron chi connectivity index (χ0n) is 17.5. The monoisotopic (exact) mass is 417 g/mol. The summed E-state index contributed by atoms with van der Waals surface area (Å²) in [5.41, 5.74) is 1.46. The summed E-state index contributed by atoms with van der Waals surface area (Å²) in [5.74, 6) is -1.23. The van der Waals surface area contributed by atoms with Gasteiger partial charge in [0.2, 0.25) is 0 Å². The van der Waals surface area contributed by atoms with Gasteiger partial charge in [-0.15, -0.1) is 0 Å². The zero-order valence-corrected chi connectivity index (χ0v) is 17.5. The fourth-order valence-corrected chi connectivity index (χ4v) is 3.73. The standard InChI is InChI=1S/C22H31N3O5/c1-16(20(26)24-22(28)23-19-5-3-2-4-6-19)30-21(27)18-9-7-17(8-10-18)15-25-11-13-29-14-12-25/h7-10,16,19H,2-6,11-15H2,1H3,(H2,23,24,26,28)/t16-/m1/s1. The van der Waals surface area contributed by atoms with E-state index in [4.69, 9.17) is 9.47 Å². The molecule has 1 heterocycles. The van der Waals surface area contributed by atoms with Gasteiger partial charge < -0.3 is 14.8 Å². The molecule has 0 aromatic heterocycles. The van der Waals surface area contributed by atoms with Crippen LogP contribution in [0.3, 0.4) is 0 Å². The lowest BCUT2D eigenvalue weighted by Gasteiger charge is -2.26. The second-order valence-electron chi connectivity index (χ2n) is 7.93. The van der Waals surface area contributed by atoms with Crippen LogP contribution in [-0.4, -0.2) is 61.3 Å². The summed E-state index contributed by atoms with van der Waals surface area (Å²) in [6.07, 6.45) is 4.13. The van der Waals surface area contributed by atoms with Crippen molar-refractivity contribution in [3.63, 3.8) is 0 Å². The van der Waals surface area contributed by atoms with Crippen molar-refractivity contribution in [2.75, 3.05) is 26.3 Å². The molecule has 1 saturated carbocycles. The summed E-state index contributed by atoms with van der Waals surface area (Å²) in [4.78, 5) is 38.8. The van der Waals surface area contributed by atoms with E-state index in [1.165, 1.54) is 13.3 Å². The molecule has 30 heavy (non-hydrogen) atoms. The minimum absolute atomic E-state index is 0.0976. The molecule has 3 amide bonds. The molecule has 1 aliphatic carbocycles. The Balaban J connectivity index is 1.43. The second-order valence-corrected chi connectivity index (χ2v) is 7.93. The molecule has 1 atom stereocenters. The molecule has 0 unspecified atom stereocenters. The summed E-state index contributed by atoms with van der Waals surface area (Å²) in [6.45, 7) is 5.52. The first-order valence-corrected chi connectivity index (χ1v) is 10.7. The summed E-state index contributed by atoms with van der Waals surface area (Å²) < 4.78 is 10.6. The highest BCUT2D eigenvalue weighted by molar-refractivity contribution is 5.98. The van der Waals surface area contributed by atoms with Gasteiger partial charge in [0, 0.05) is 25.7 Å². The van der Waals surface area contributed by atoms with Gasteiger partial charge in [-0.3, -0.25) is 15.0 Å². The molecule has 1 saturated heterocycles. The van der Waals surface area contributed by atoms with Gasteiger partial charge in [0.1, 0.15) is 0 Å². The molecule has 2 aliphatic rings. The molecule has 0 bridgehead atoms. The van der Waals surface area contributed by atoms with Crippen LogP contribution in [0.1, 0.15) is 54.9 Å². The van der Waals surface area contributed by atoms with Crippen molar-refractivity contribution in [1.82, 2.24) is 15.5 Å². The second kappa shape index (κ2) is 11.1. The van der Waals surface area contributed by atoms with E-state index in [2.05, 4.69) is 15.5 Å². The highest BCUT2D eigenvalue weighted by Crippen LogP contribution is 2.17. The van der Waals surface area contributed by atoms with Crippen molar-refractivity contribution >= 4 is 17.9 Å².